The molecule has 0 saturated carbocycles. The smallest absolute Gasteiger partial charge is 0.0262 e. The van der Waals surface area contributed by atoms with Gasteiger partial charge in [0.2, 0.25) is 0 Å². The number of hydrogen-bond acceptors (Lipinski definition) is 0. The van der Waals surface area contributed by atoms with E-state index in [4.69, 9.17) is 0 Å². The Balaban J connectivity index is 1.86. The zero-order valence-electron chi connectivity index (χ0n) is 14.8. The molecule has 0 bridgehead atoms. The second-order valence-corrected chi connectivity index (χ2v) is 6.58. The van der Waals surface area contributed by atoms with Crippen LogP contribution in [0.1, 0.15) is 95.1 Å². The molecule has 0 fully saturated rings. The van der Waals surface area contributed by atoms with Gasteiger partial charge in [-0.25, -0.2) is 0 Å². The summed E-state index contributed by atoms with van der Waals surface area (Å²) in [7, 11) is 0. The van der Waals surface area contributed by atoms with Crippen LogP contribution in [-0.2, 0) is 6.42 Å². The van der Waals surface area contributed by atoms with Gasteiger partial charge in [0.05, 0.1) is 0 Å². The third kappa shape index (κ3) is 9.82. The monoisotopic (exact) mass is 300 g/mol. The highest BCUT2D eigenvalue weighted by Crippen LogP contribution is 2.13. The van der Waals surface area contributed by atoms with Crippen molar-refractivity contribution < 1.29 is 0 Å². The van der Waals surface area contributed by atoms with Crippen molar-refractivity contribution in [3.05, 3.63) is 42.0 Å². The molecule has 0 aliphatic carbocycles. The first-order valence-corrected chi connectivity index (χ1v) is 9.58. The number of hydrogen-bond donors (Lipinski definition) is 0. The number of benzene rings is 1. The first-order valence-electron chi connectivity index (χ1n) is 9.58. The minimum absolute atomic E-state index is 1.22. The molecule has 0 N–H and O–H groups in total. The third-order valence-corrected chi connectivity index (χ3v) is 4.53. The Hall–Kier alpha value is -1.04. The van der Waals surface area contributed by atoms with Gasteiger partial charge in [0, 0.05) is 0 Å². The molecule has 0 amide bonds. The second kappa shape index (κ2) is 13.6. The van der Waals surface area contributed by atoms with Crippen LogP contribution in [0.25, 0.3) is 6.08 Å². The molecule has 0 aliphatic heterocycles. The van der Waals surface area contributed by atoms with Gasteiger partial charge in [0.1, 0.15) is 0 Å². The van der Waals surface area contributed by atoms with E-state index >= 15 is 0 Å². The highest BCUT2D eigenvalue weighted by molar-refractivity contribution is 5.47. The standard InChI is InChI=1S/C22H36/c1-3-5-6-7-8-9-10-11-12-13-14-15-16-22-19-17-21(4-2)18-20-22/h4,17-20H,2-3,5-16H2,1H3. The van der Waals surface area contributed by atoms with E-state index in [1.54, 1.807) is 0 Å². The van der Waals surface area contributed by atoms with Gasteiger partial charge in [-0.1, -0.05) is 114 Å². The molecule has 1 aromatic carbocycles. The summed E-state index contributed by atoms with van der Waals surface area (Å²) in [5.74, 6) is 0. The van der Waals surface area contributed by atoms with Crippen molar-refractivity contribution in [2.45, 2.75) is 90.4 Å². The summed E-state index contributed by atoms with van der Waals surface area (Å²) in [6.07, 6.45) is 20.2. The van der Waals surface area contributed by atoms with Crippen molar-refractivity contribution >= 4 is 6.08 Å². The molecular weight excluding hydrogens is 264 g/mol. The molecule has 0 unspecified atom stereocenters. The van der Waals surface area contributed by atoms with E-state index in [-0.39, 0.29) is 0 Å². The van der Waals surface area contributed by atoms with Crippen molar-refractivity contribution in [1.82, 2.24) is 0 Å². The first kappa shape index (κ1) is 19.0. The molecule has 22 heavy (non-hydrogen) atoms. The summed E-state index contributed by atoms with van der Waals surface area (Å²) >= 11 is 0. The quantitative estimate of drug-likeness (QED) is 0.311. The van der Waals surface area contributed by atoms with Gasteiger partial charge in [-0.05, 0) is 24.0 Å². The minimum Gasteiger partial charge on any atom is -0.0985 e. The van der Waals surface area contributed by atoms with Gasteiger partial charge in [-0.2, -0.15) is 0 Å². The molecule has 1 rings (SSSR count). The molecule has 0 aromatic heterocycles. The van der Waals surface area contributed by atoms with E-state index in [0.717, 1.165) is 0 Å². The topological polar surface area (TPSA) is 0 Å². The van der Waals surface area contributed by atoms with Gasteiger partial charge in [0.25, 0.3) is 0 Å². The van der Waals surface area contributed by atoms with Crippen LogP contribution in [0.4, 0.5) is 0 Å². The first-order chi connectivity index (χ1) is 10.9. The lowest BCUT2D eigenvalue weighted by Crippen LogP contribution is -1.87. The minimum atomic E-state index is 1.22. The molecule has 0 nitrogen and oxygen atoms in total. The predicted molar refractivity (Wildman–Crippen MR) is 101 cm³/mol. The maximum Gasteiger partial charge on any atom is -0.0262 e. The Morgan fingerprint density at radius 1 is 0.682 bits per heavy atom. The number of unbranched alkanes of at least 4 members (excludes halogenated alkanes) is 11. The molecule has 1 aromatic rings. The van der Waals surface area contributed by atoms with Crippen molar-refractivity contribution in [3.8, 4) is 0 Å². The van der Waals surface area contributed by atoms with Crippen molar-refractivity contribution in [1.29, 1.82) is 0 Å². The van der Waals surface area contributed by atoms with Gasteiger partial charge in [-0.3, -0.25) is 0 Å². The average Bonchev–Trinajstić information content (AvgIpc) is 2.56. The molecule has 0 aliphatic rings. The van der Waals surface area contributed by atoms with Gasteiger partial charge in [-0.15, -0.1) is 0 Å². The van der Waals surface area contributed by atoms with E-state index in [9.17, 15) is 0 Å². The molecule has 0 spiro atoms. The molecule has 0 radical (unpaired) electrons. The molecule has 124 valence electrons. The van der Waals surface area contributed by atoms with E-state index in [2.05, 4.69) is 37.8 Å². The third-order valence-electron chi connectivity index (χ3n) is 4.53. The van der Waals surface area contributed by atoms with E-state index < -0.39 is 0 Å². The molecule has 0 heterocycles. The summed E-state index contributed by atoms with van der Waals surface area (Å²) in [6.45, 7) is 6.08. The van der Waals surface area contributed by atoms with Crippen LogP contribution in [0.2, 0.25) is 0 Å². The van der Waals surface area contributed by atoms with Gasteiger partial charge >= 0.3 is 0 Å². The normalized spacial score (nSPS) is 10.8. The Morgan fingerprint density at radius 3 is 1.59 bits per heavy atom. The van der Waals surface area contributed by atoms with Gasteiger partial charge < -0.3 is 0 Å². The van der Waals surface area contributed by atoms with Crippen LogP contribution in [0.5, 0.6) is 0 Å². The fourth-order valence-corrected chi connectivity index (χ4v) is 2.99. The van der Waals surface area contributed by atoms with Crippen LogP contribution in [0.15, 0.2) is 30.8 Å². The highest BCUT2D eigenvalue weighted by Gasteiger charge is 1.95. The predicted octanol–water partition coefficient (Wildman–Crippen LogP) is 7.57. The fraction of sp³-hybridized carbons (Fsp3) is 0.636. The Labute approximate surface area is 139 Å². The van der Waals surface area contributed by atoms with E-state index in [0.29, 0.717) is 0 Å². The Morgan fingerprint density at radius 2 is 1.14 bits per heavy atom. The van der Waals surface area contributed by atoms with Crippen LogP contribution in [0, 0.1) is 0 Å². The van der Waals surface area contributed by atoms with Crippen molar-refractivity contribution in [2.24, 2.45) is 0 Å². The largest absolute Gasteiger partial charge is 0.0985 e. The Bertz CT molecular complexity index is 360. The lowest BCUT2D eigenvalue weighted by atomic mass is 10.0. The lowest BCUT2D eigenvalue weighted by molar-refractivity contribution is 0.544. The fourth-order valence-electron chi connectivity index (χ4n) is 2.99. The zero-order chi connectivity index (χ0) is 15.9. The zero-order valence-corrected chi connectivity index (χ0v) is 14.8. The van der Waals surface area contributed by atoms with Crippen LogP contribution in [-0.4, -0.2) is 0 Å². The summed E-state index contributed by atoms with van der Waals surface area (Å²) < 4.78 is 0. The number of rotatable bonds is 14. The molecule has 0 saturated heterocycles. The SMILES string of the molecule is C=Cc1ccc(CCCCCCCCCCCCCC)cc1. The van der Waals surface area contributed by atoms with E-state index in [1.807, 2.05) is 6.08 Å². The van der Waals surface area contributed by atoms with Crippen LogP contribution >= 0.6 is 0 Å². The average molecular weight is 301 g/mol. The highest BCUT2D eigenvalue weighted by atomic mass is 14.0. The Kier molecular flexibility index (Phi) is 11.8. The van der Waals surface area contributed by atoms with Gasteiger partial charge in [0.15, 0.2) is 0 Å². The summed E-state index contributed by atoms with van der Waals surface area (Å²) in [4.78, 5) is 0. The molecular formula is C22H36. The second-order valence-electron chi connectivity index (χ2n) is 6.58. The molecule has 0 heteroatoms. The number of aryl methyl sites for hydroxylation is 1. The van der Waals surface area contributed by atoms with E-state index in [1.165, 1.54) is 94.6 Å². The van der Waals surface area contributed by atoms with Crippen LogP contribution < -0.4 is 0 Å². The maximum absolute atomic E-state index is 3.80. The summed E-state index contributed by atoms with van der Waals surface area (Å²) in [5.41, 5.74) is 2.69. The lowest BCUT2D eigenvalue weighted by Gasteiger charge is -2.04. The van der Waals surface area contributed by atoms with Crippen LogP contribution in [0.3, 0.4) is 0 Å². The summed E-state index contributed by atoms with van der Waals surface area (Å²) in [6, 6.07) is 8.83. The molecule has 0 atom stereocenters. The summed E-state index contributed by atoms with van der Waals surface area (Å²) in [5, 5.41) is 0. The maximum atomic E-state index is 3.80. The van der Waals surface area contributed by atoms with Crippen molar-refractivity contribution in [3.63, 3.8) is 0 Å². The van der Waals surface area contributed by atoms with Crippen molar-refractivity contribution in [2.75, 3.05) is 0 Å².